The molecule has 0 radical (unpaired) electrons. The maximum absolute atomic E-state index is 11.7. The molecule has 0 aliphatic heterocycles. The molecule has 0 heterocycles. The summed E-state index contributed by atoms with van der Waals surface area (Å²) in [5.41, 5.74) is -0.478. The van der Waals surface area contributed by atoms with Crippen molar-refractivity contribution in [1.29, 1.82) is 5.26 Å². The fourth-order valence-electron chi connectivity index (χ4n) is 2.85. The van der Waals surface area contributed by atoms with E-state index in [-0.39, 0.29) is 11.0 Å². The van der Waals surface area contributed by atoms with Gasteiger partial charge in [0.15, 0.2) is 13.9 Å². The van der Waals surface area contributed by atoms with Crippen LogP contribution in [0.1, 0.15) is 53.9 Å². The predicted octanol–water partition coefficient (Wildman–Crippen LogP) is 4.58. The topological polar surface area (TPSA) is 59.3 Å². The summed E-state index contributed by atoms with van der Waals surface area (Å²) in [6, 6.07) is 2.48. The molecule has 1 aliphatic rings. The molecule has 1 fully saturated rings. The number of hydrogen-bond donors (Lipinski definition) is 0. The third-order valence-electron chi connectivity index (χ3n) is 5.70. The number of methoxy groups -OCH3 is 1. The molecule has 0 bridgehead atoms. The van der Waals surface area contributed by atoms with Gasteiger partial charge in [0.1, 0.15) is 0 Å². The lowest BCUT2D eigenvalue weighted by Gasteiger charge is -2.52. The van der Waals surface area contributed by atoms with Crippen LogP contribution < -0.4 is 0 Å². The molecular weight excluding hydrogens is 306 g/mol. The summed E-state index contributed by atoms with van der Waals surface area (Å²) in [7, 11) is -0.744. The molecule has 1 rings (SSSR count). The van der Waals surface area contributed by atoms with Crippen molar-refractivity contribution in [2.24, 2.45) is 5.41 Å². The number of carbonyl (C=O) groups excluding carboxylic acids is 1. The molecule has 0 amide bonds. The third kappa shape index (κ3) is 3.69. The SMILES string of the molecule is COC(=O)/C=C1/CCC[C@](C#N)(O[Si](C)(C)C(C)(C)C)C1(C)C. The van der Waals surface area contributed by atoms with Crippen LogP contribution in [0.5, 0.6) is 0 Å². The van der Waals surface area contributed by atoms with Gasteiger partial charge in [-0.15, -0.1) is 0 Å². The second-order valence-corrected chi connectivity index (χ2v) is 13.2. The zero-order chi connectivity index (χ0) is 18.1. The van der Waals surface area contributed by atoms with Crippen LogP contribution in [0, 0.1) is 16.7 Å². The molecule has 5 heteroatoms. The highest BCUT2D eigenvalue weighted by molar-refractivity contribution is 6.74. The summed E-state index contributed by atoms with van der Waals surface area (Å²) >= 11 is 0. The van der Waals surface area contributed by atoms with Crippen LogP contribution >= 0.6 is 0 Å². The quantitative estimate of drug-likeness (QED) is 0.429. The van der Waals surface area contributed by atoms with E-state index >= 15 is 0 Å². The zero-order valence-corrected chi connectivity index (χ0v) is 16.9. The van der Waals surface area contributed by atoms with Gasteiger partial charge in [0.25, 0.3) is 0 Å². The molecule has 0 spiro atoms. The van der Waals surface area contributed by atoms with E-state index in [4.69, 9.17) is 9.16 Å². The van der Waals surface area contributed by atoms with Crippen molar-refractivity contribution in [2.45, 2.75) is 77.6 Å². The lowest BCUT2D eigenvalue weighted by atomic mass is 9.63. The summed E-state index contributed by atoms with van der Waals surface area (Å²) in [5.74, 6) is -0.367. The third-order valence-corrected chi connectivity index (χ3v) is 10.2. The fourth-order valence-corrected chi connectivity index (χ4v) is 4.43. The Labute approximate surface area is 142 Å². The van der Waals surface area contributed by atoms with Crippen molar-refractivity contribution in [3.05, 3.63) is 11.6 Å². The molecule has 23 heavy (non-hydrogen) atoms. The number of nitrogens with zero attached hydrogens (tertiary/aromatic N) is 1. The normalized spacial score (nSPS) is 26.7. The molecule has 1 aliphatic carbocycles. The van der Waals surface area contributed by atoms with Crippen LogP contribution in [-0.2, 0) is 14.0 Å². The van der Waals surface area contributed by atoms with E-state index in [1.807, 2.05) is 13.8 Å². The minimum absolute atomic E-state index is 0.0244. The first kappa shape index (κ1) is 19.9. The van der Waals surface area contributed by atoms with Gasteiger partial charge in [-0.3, -0.25) is 0 Å². The molecule has 0 aromatic carbocycles. The van der Waals surface area contributed by atoms with E-state index < -0.39 is 19.3 Å². The smallest absolute Gasteiger partial charge is 0.330 e. The Bertz CT molecular complexity index is 537. The zero-order valence-electron chi connectivity index (χ0n) is 15.9. The first-order chi connectivity index (χ1) is 10.3. The highest BCUT2D eigenvalue weighted by atomic mass is 28.4. The molecule has 4 nitrogen and oxygen atoms in total. The maximum atomic E-state index is 11.7. The summed E-state index contributed by atoms with van der Waals surface area (Å²) in [6.07, 6.45) is 3.88. The molecule has 130 valence electrons. The second kappa shape index (κ2) is 6.41. The number of rotatable bonds is 3. The minimum Gasteiger partial charge on any atom is -0.466 e. The lowest BCUT2D eigenvalue weighted by molar-refractivity contribution is -0.135. The highest BCUT2D eigenvalue weighted by Crippen LogP contribution is 2.52. The summed E-state index contributed by atoms with van der Waals surface area (Å²) in [4.78, 5) is 11.7. The van der Waals surface area contributed by atoms with Crippen LogP contribution in [0.3, 0.4) is 0 Å². The van der Waals surface area contributed by atoms with Gasteiger partial charge in [-0.2, -0.15) is 5.26 Å². The van der Waals surface area contributed by atoms with Crippen molar-refractivity contribution < 1.29 is 14.0 Å². The van der Waals surface area contributed by atoms with Crippen molar-refractivity contribution in [1.82, 2.24) is 0 Å². The Morgan fingerprint density at radius 1 is 1.35 bits per heavy atom. The van der Waals surface area contributed by atoms with Crippen LogP contribution in [0.4, 0.5) is 0 Å². The number of carbonyl (C=O) groups is 1. The summed E-state index contributed by atoms with van der Waals surface area (Å²) < 4.78 is 11.4. The van der Waals surface area contributed by atoms with E-state index in [2.05, 4.69) is 39.9 Å². The average molecular weight is 338 g/mol. The van der Waals surface area contributed by atoms with Gasteiger partial charge in [-0.1, -0.05) is 40.2 Å². The van der Waals surface area contributed by atoms with Crippen molar-refractivity contribution >= 4 is 14.3 Å². The number of ether oxygens (including phenoxy) is 1. The number of hydrogen-bond acceptors (Lipinski definition) is 4. The van der Waals surface area contributed by atoms with Crippen LogP contribution in [-0.4, -0.2) is 27.0 Å². The monoisotopic (exact) mass is 337 g/mol. The van der Waals surface area contributed by atoms with Gasteiger partial charge in [0.05, 0.1) is 13.2 Å². The van der Waals surface area contributed by atoms with Gasteiger partial charge in [-0.05, 0) is 37.4 Å². The molecule has 1 atom stereocenters. The molecule has 0 unspecified atom stereocenters. The van der Waals surface area contributed by atoms with Crippen LogP contribution in [0.2, 0.25) is 18.1 Å². The maximum Gasteiger partial charge on any atom is 0.330 e. The minimum atomic E-state index is -2.12. The van der Waals surface area contributed by atoms with Gasteiger partial charge in [0.2, 0.25) is 0 Å². The van der Waals surface area contributed by atoms with Crippen LogP contribution in [0.15, 0.2) is 11.6 Å². The summed E-state index contributed by atoms with van der Waals surface area (Å²) in [5, 5.41) is 10.0. The van der Waals surface area contributed by atoms with E-state index in [0.717, 1.165) is 18.4 Å². The van der Waals surface area contributed by atoms with Gasteiger partial charge in [-0.25, -0.2) is 4.79 Å². The predicted molar refractivity (Wildman–Crippen MR) is 94.4 cm³/mol. The standard InChI is InChI=1S/C18H31NO3Si/c1-16(2,3)23(7,8)22-18(13-19)11-9-10-14(17(18,4)5)12-15(20)21-6/h12H,9-11H2,1-8H3/b14-12-/t18-/m1/s1. The van der Waals surface area contributed by atoms with Gasteiger partial charge in [0, 0.05) is 11.5 Å². The van der Waals surface area contributed by atoms with E-state index in [9.17, 15) is 10.1 Å². The van der Waals surface area contributed by atoms with Gasteiger partial charge >= 0.3 is 5.97 Å². The Kier molecular flexibility index (Phi) is 5.55. The molecule has 0 N–H and O–H groups in total. The first-order valence-electron chi connectivity index (χ1n) is 8.23. The Morgan fingerprint density at radius 2 is 1.91 bits per heavy atom. The fraction of sp³-hybridized carbons (Fsp3) is 0.778. The van der Waals surface area contributed by atoms with Gasteiger partial charge < -0.3 is 9.16 Å². The molecular formula is C18H31NO3Si. The largest absolute Gasteiger partial charge is 0.466 e. The number of esters is 1. The molecule has 0 saturated heterocycles. The van der Waals surface area contributed by atoms with Crippen molar-refractivity contribution in [2.75, 3.05) is 7.11 Å². The lowest BCUT2D eigenvalue weighted by Crippen LogP contribution is -2.57. The Morgan fingerprint density at radius 3 is 2.35 bits per heavy atom. The molecule has 0 aromatic rings. The molecule has 0 aromatic heterocycles. The van der Waals surface area contributed by atoms with Crippen molar-refractivity contribution in [3.8, 4) is 6.07 Å². The molecule has 1 saturated carbocycles. The van der Waals surface area contributed by atoms with Crippen molar-refractivity contribution in [3.63, 3.8) is 0 Å². The second-order valence-electron chi connectivity index (χ2n) is 8.47. The highest BCUT2D eigenvalue weighted by Gasteiger charge is 2.55. The average Bonchev–Trinajstić information content (AvgIpc) is 2.41. The first-order valence-corrected chi connectivity index (χ1v) is 11.1. The van der Waals surface area contributed by atoms with E-state index in [1.54, 1.807) is 6.08 Å². The Hall–Kier alpha value is -1.12. The summed E-state index contributed by atoms with van der Waals surface area (Å²) in [6.45, 7) is 14.9. The number of nitriles is 1. The van der Waals surface area contributed by atoms with E-state index in [0.29, 0.717) is 6.42 Å². The van der Waals surface area contributed by atoms with E-state index in [1.165, 1.54) is 7.11 Å². The van der Waals surface area contributed by atoms with Crippen LogP contribution in [0.25, 0.3) is 0 Å². The Balaban J connectivity index is 3.32.